The van der Waals surface area contributed by atoms with E-state index in [4.69, 9.17) is 4.98 Å². The number of nitrogens with zero attached hydrogens (tertiary/aromatic N) is 6. The van der Waals surface area contributed by atoms with Gasteiger partial charge in [-0.05, 0) is 62.4 Å². The molecule has 0 N–H and O–H groups in total. The maximum Gasteiger partial charge on any atom is 0.405 e. The molecule has 4 aromatic rings. The van der Waals surface area contributed by atoms with E-state index in [1.54, 1.807) is 12.3 Å². The number of alkyl halides is 3. The minimum atomic E-state index is -4.29. The predicted molar refractivity (Wildman–Crippen MR) is 117 cm³/mol. The third-order valence-electron chi connectivity index (χ3n) is 6.49. The third-order valence-corrected chi connectivity index (χ3v) is 6.49. The predicted octanol–water partition coefficient (Wildman–Crippen LogP) is 4.76. The summed E-state index contributed by atoms with van der Waals surface area (Å²) in [6.45, 7) is 2.57. The molecule has 0 unspecified atom stereocenters. The zero-order valence-corrected chi connectivity index (χ0v) is 17.8. The summed E-state index contributed by atoms with van der Waals surface area (Å²) in [6, 6.07) is 9.42. The first-order valence-corrected chi connectivity index (χ1v) is 10.8. The second kappa shape index (κ2) is 6.91. The minimum absolute atomic E-state index is 0.0734. The molecule has 1 aliphatic carbocycles. The monoisotopic (exact) mass is 448 g/mol. The van der Waals surface area contributed by atoms with Crippen LogP contribution in [0.1, 0.15) is 36.2 Å². The number of benzene rings is 1. The number of aryl methyl sites for hydroxylation is 1. The largest absolute Gasteiger partial charge is 0.405 e. The van der Waals surface area contributed by atoms with E-state index in [2.05, 4.69) is 31.9 Å². The van der Waals surface area contributed by atoms with Gasteiger partial charge >= 0.3 is 6.18 Å². The number of hydrogen-bond acceptors (Lipinski definition) is 5. The highest BCUT2D eigenvalue weighted by Crippen LogP contribution is 2.57. The molecule has 6 nitrogen and oxygen atoms in total. The smallest absolute Gasteiger partial charge is 0.324 e. The molecule has 0 spiro atoms. The van der Waals surface area contributed by atoms with Gasteiger partial charge in [0.2, 0.25) is 0 Å². The zero-order valence-electron chi connectivity index (χ0n) is 17.8. The van der Waals surface area contributed by atoms with Gasteiger partial charge in [-0.15, -0.1) is 10.2 Å². The molecule has 166 valence electrons. The number of fused-ring (bicyclic) bond motifs is 4. The Morgan fingerprint density at radius 1 is 1.09 bits per heavy atom. The van der Waals surface area contributed by atoms with Gasteiger partial charge in [-0.3, -0.25) is 9.38 Å². The van der Waals surface area contributed by atoms with E-state index >= 15 is 0 Å². The van der Waals surface area contributed by atoms with Gasteiger partial charge in [0.25, 0.3) is 5.78 Å². The Labute approximate surface area is 187 Å². The van der Waals surface area contributed by atoms with Crippen molar-refractivity contribution in [3.63, 3.8) is 0 Å². The highest BCUT2D eigenvalue weighted by molar-refractivity contribution is 5.91. The average Bonchev–Trinajstić information content (AvgIpc) is 3.53. The Balaban J connectivity index is 1.50. The number of anilines is 2. The van der Waals surface area contributed by atoms with Gasteiger partial charge < -0.3 is 4.90 Å². The molecule has 2 aliphatic rings. The Hall–Kier alpha value is -3.67. The first kappa shape index (κ1) is 20.0. The van der Waals surface area contributed by atoms with Gasteiger partial charge in [-0.1, -0.05) is 17.9 Å². The van der Waals surface area contributed by atoms with Crippen molar-refractivity contribution in [3.8, 4) is 11.8 Å². The minimum Gasteiger partial charge on any atom is -0.324 e. The molecule has 3 aromatic heterocycles. The fraction of sp³-hybridized carbons (Fsp3) is 0.333. The first-order valence-electron chi connectivity index (χ1n) is 10.8. The molecule has 0 radical (unpaired) electrons. The Morgan fingerprint density at radius 2 is 1.94 bits per heavy atom. The van der Waals surface area contributed by atoms with E-state index in [9.17, 15) is 13.2 Å². The summed E-state index contributed by atoms with van der Waals surface area (Å²) in [5.74, 6) is 7.27. The summed E-state index contributed by atoms with van der Waals surface area (Å²) < 4.78 is 41.9. The third kappa shape index (κ3) is 3.04. The van der Waals surface area contributed by atoms with Crippen LogP contribution in [0.4, 0.5) is 24.7 Å². The average molecular weight is 448 g/mol. The molecule has 0 saturated heterocycles. The quantitative estimate of drug-likeness (QED) is 0.393. The van der Waals surface area contributed by atoms with Crippen molar-refractivity contribution in [2.45, 2.75) is 38.8 Å². The molecule has 9 heteroatoms. The number of rotatable bonds is 1. The van der Waals surface area contributed by atoms with Crippen molar-refractivity contribution in [2.24, 2.45) is 5.41 Å². The lowest BCUT2D eigenvalue weighted by Crippen LogP contribution is -2.27. The summed E-state index contributed by atoms with van der Waals surface area (Å²) in [6.07, 6.45) is -0.858. The topological polar surface area (TPSA) is 59.2 Å². The van der Waals surface area contributed by atoms with Crippen LogP contribution in [0.2, 0.25) is 0 Å². The Bertz CT molecular complexity index is 1470. The molecule has 33 heavy (non-hydrogen) atoms. The zero-order chi connectivity index (χ0) is 22.8. The van der Waals surface area contributed by atoms with Gasteiger partial charge in [0.05, 0.1) is 5.52 Å². The van der Waals surface area contributed by atoms with Crippen LogP contribution in [0, 0.1) is 24.2 Å². The van der Waals surface area contributed by atoms with Gasteiger partial charge in [-0.2, -0.15) is 18.2 Å². The summed E-state index contributed by atoms with van der Waals surface area (Å²) in [7, 11) is 0. The Kier molecular flexibility index (Phi) is 4.18. The molecule has 1 fully saturated rings. The van der Waals surface area contributed by atoms with Crippen LogP contribution in [0.5, 0.6) is 0 Å². The van der Waals surface area contributed by atoms with E-state index < -0.39 is 11.6 Å². The van der Waals surface area contributed by atoms with E-state index in [0.29, 0.717) is 29.2 Å². The summed E-state index contributed by atoms with van der Waals surface area (Å²) >= 11 is 0. The maximum absolute atomic E-state index is 13.4. The Morgan fingerprint density at radius 3 is 2.73 bits per heavy atom. The van der Waals surface area contributed by atoms with Gasteiger partial charge in [0, 0.05) is 24.0 Å². The molecule has 1 aromatic carbocycles. The second-order valence-electron chi connectivity index (χ2n) is 8.58. The van der Waals surface area contributed by atoms with Crippen LogP contribution in [0.15, 0.2) is 36.5 Å². The first-order chi connectivity index (χ1) is 15.9. The molecule has 6 rings (SSSR count). The lowest BCUT2D eigenvalue weighted by atomic mass is 9.95. The molecule has 1 saturated carbocycles. The van der Waals surface area contributed by atoms with Crippen LogP contribution in [0.3, 0.4) is 0 Å². The number of halogens is 3. The molecular formula is C24H19F3N6. The summed E-state index contributed by atoms with van der Waals surface area (Å²) in [5, 5.41) is 8.36. The van der Waals surface area contributed by atoms with Crippen LogP contribution >= 0.6 is 0 Å². The maximum atomic E-state index is 13.4. The molecule has 0 atom stereocenters. The summed E-state index contributed by atoms with van der Waals surface area (Å²) in [5.41, 5.74) is 2.20. The van der Waals surface area contributed by atoms with Crippen molar-refractivity contribution in [1.82, 2.24) is 24.6 Å². The fourth-order valence-corrected chi connectivity index (χ4v) is 4.54. The van der Waals surface area contributed by atoms with Crippen LogP contribution < -0.4 is 4.90 Å². The molecule has 0 amide bonds. The number of pyridine rings is 1. The number of aromatic nitrogens is 5. The molecule has 1 aliphatic heterocycles. The SMILES string of the molecule is Cc1nnc2nc(N3CCCc4c(C#CC5(C(F)(F)F)CC5)cccc43)c3ncccc3n12. The standard InChI is InChI=1S/C24H19F3N6/c1-15-30-31-22-29-21(20-19(33(15)22)8-3-13-28-20)32-14-4-6-17-16(5-2-7-18(17)32)9-10-23(11-12-23)24(25,26)27/h2-3,5,7-8,13H,4,6,11-12,14H2,1H3. The van der Waals surface area contributed by atoms with E-state index in [1.807, 2.05) is 35.6 Å². The highest BCUT2D eigenvalue weighted by Gasteiger charge is 2.62. The van der Waals surface area contributed by atoms with Crippen LogP contribution in [0.25, 0.3) is 16.8 Å². The molecule has 4 heterocycles. The van der Waals surface area contributed by atoms with Crippen molar-refractivity contribution in [3.05, 3.63) is 53.5 Å². The lowest BCUT2D eigenvalue weighted by molar-refractivity contribution is -0.168. The highest BCUT2D eigenvalue weighted by atomic mass is 19.4. The van der Waals surface area contributed by atoms with E-state index in [-0.39, 0.29) is 12.8 Å². The van der Waals surface area contributed by atoms with Gasteiger partial charge in [0.1, 0.15) is 16.8 Å². The number of hydrogen-bond donors (Lipinski definition) is 0. The van der Waals surface area contributed by atoms with Gasteiger partial charge in [-0.25, -0.2) is 0 Å². The summed E-state index contributed by atoms with van der Waals surface area (Å²) in [4.78, 5) is 11.4. The normalized spacial score (nSPS) is 17.0. The molecular weight excluding hydrogens is 429 g/mol. The van der Waals surface area contributed by atoms with Gasteiger partial charge in [0.15, 0.2) is 5.82 Å². The van der Waals surface area contributed by atoms with Crippen molar-refractivity contribution < 1.29 is 13.2 Å². The van der Waals surface area contributed by atoms with Crippen LogP contribution in [-0.2, 0) is 6.42 Å². The lowest BCUT2D eigenvalue weighted by Gasteiger charge is -2.31. The second-order valence-corrected chi connectivity index (χ2v) is 8.58. The van der Waals surface area contributed by atoms with E-state index in [1.165, 1.54) is 0 Å². The van der Waals surface area contributed by atoms with Crippen LogP contribution in [-0.4, -0.2) is 37.3 Å². The van der Waals surface area contributed by atoms with Crippen molar-refractivity contribution in [2.75, 3.05) is 11.4 Å². The van der Waals surface area contributed by atoms with Crippen molar-refractivity contribution in [1.29, 1.82) is 0 Å². The van der Waals surface area contributed by atoms with E-state index in [0.717, 1.165) is 35.4 Å². The van der Waals surface area contributed by atoms with Crippen molar-refractivity contribution >= 4 is 28.3 Å². The molecule has 0 bridgehead atoms. The fourth-order valence-electron chi connectivity index (χ4n) is 4.54.